The van der Waals surface area contributed by atoms with Gasteiger partial charge < -0.3 is 9.84 Å². The van der Waals surface area contributed by atoms with Crippen molar-refractivity contribution in [1.29, 1.82) is 0 Å². The van der Waals surface area contributed by atoms with E-state index in [0.717, 1.165) is 11.3 Å². The lowest BCUT2D eigenvalue weighted by Gasteiger charge is -2.25. The Bertz CT molecular complexity index is 329. The number of benzene rings is 1. The van der Waals surface area contributed by atoms with E-state index in [-0.39, 0.29) is 12.0 Å². The molecule has 2 heteroatoms. The van der Waals surface area contributed by atoms with Crippen LogP contribution in [0.4, 0.5) is 0 Å². The van der Waals surface area contributed by atoms with Crippen molar-refractivity contribution in [3.05, 3.63) is 29.3 Å². The van der Waals surface area contributed by atoms with Crippen LogP contribution in [-0.4, -0.2) is 18.3 Å². The molecule has 0 radical (unpaired) electrons. The Morgan fingerprint density at radius 3 is 2.53 bits per heavy atom. The Morgan fingerprint density at radius 2 is 2.00 bits per heavy atom. The molecule has 0 aliphatic heterocycles. The van der Waals surface area contributed by atoms with Crippen LogP contribution in [0.2, 0.25) is 0 Å². The maximum atomic E-state index is 9.38. The van der Waals surface area contributed by atoms with Crippen molar-refractivity contribution in [2.24, 2.45) is 0 Å². The van der Waals surface area contributed by atoms with E-state index >= 15 is 0 Å². The number of hydrogen-bond donors (Lipinski definition) is 1. The summed E-state index contributed by atoms with van der Waals surface area (Å²) in [6.45, 7) is 8.82. The lowest BCUT2D eigenvalue weighted by atomic mass is 9.84. The molecule has 0 spiro atoms. The lowest BCUT2D eigenvalue weighted by Crippen LogP contribution is -2.23. The first kappa shape index (κ1) is 12.1. The molecule has 1 aromatic carbocycles. The molecule has 0 aliphatic carbocycles. The second kappa shape index (κ2) is 4.67. The molecule has 0 saturated carbocycles. The molecule has 0 unspecified atom stereocenters. The van der Waals surface area contributed by atoms with Gasteiger partial charge in [0.25, 0.3) is 0 Å². The maximum Gasteiger partial charge on any atom is 0.123 e. The van der Waals surface area contributed by atoms with E-state index in [1.54, 1.807) is 0 Å². The van der Waals surface area contributed by atoms with E-state index in [9.17, 15) is 5.11 Å². The van der Waals surface area contributed by atoms with Gasteiger partial charge in [0.05, 0.1) is 13.2 Å². The molecule has 0 bridgehead atoms. The summed E-state index contributed by atoms with van der Waals surface area (Å²) < 4.78 is 5.57. The summed E-state index contributed by atoms with van der Waals surface area (Å²) in [5, 5.41) is 9.38. The minimum atomic E-state index is -0.253. The van der Waals surface area contributed by atoms with Crippen LogP contribution < -0.4 is 4.74 Å². The van der Waals surface area contributed by atoms with Gasteiger partial charge in [-0.1, -0.05) is 31.5 Å². The first-order chi connectivity index (χ1) is 7.01. The second-order valence-corrected chi connectivity index (χ2v) is 4.47. The van der Waals surface area contributed by atoms with E-state index in [2.05, 4.69) is 6.07 Å². The number of aliphatic hydroxyl groups is 1. The number of ether oxygens (including phenoxy) is 1. The fourth-order valence-corrected chi connectivity index (χ4v) is 1.54. The molecule has 15 heavy (non-hydrogen) atoms. The normalized spacial score (nSPS) is 11.5. The van der Waals surface area contributed by atoms with Crippen molar-refractivity contribution in [2.75, 3.05) is 13.2 Å². The molecular formula is C13H20O2. The largest absolute Gasteiger partial charge is 0.494 e. The third kappa shape index (κ3) is 2.72. The molecule has 0 fully saturated rings. The van der Waals surface area contributed by atoms with E-state index < -0.39 is 0 Å². The zero-order valence-electron chi connectivity index (χ0n) is 10.0. The van der Waals surface area contributed by atoms with Gasteiger partial charge in [-0.2, -0.15) is 0 Å². The molecular weight excluding hydrogens is 188 g/mol. The van der Waals surface area contributed by atoms with Gasteiger partial charge in [0.1, 0.15) is 5.75 Å². The van der Waals surface area contributed by atoms with Gasteiger partial charge in [0, 0.05) is 11.0 Å². The summed E-state index contributed by atoms with van der Waals surface area (Å²) in [5.74, 6) is 0.877. The summed E-state index contributed by atoms with van der Waals surface area (Å²) in [6.07, 6.45) is 0. The monoisotopic (exact) mass is 208 g/mol. The Hall–Kier alpha value is -1.02. The van der Waals surface area contributed by atoms with Gasteiger partial charge in [0.2, 0.25) is 0 Å². The second-order valence-electron chi connectivity index (χ2n) is 4.47. The van der Waals surface area contributed by atoms with Crippen molar-refractivity contribution in [2.45, 2.75) is 33.1 Å². The van der Waals surface area contributed by atoms with Gasteiger partial charge in [-0.3, -0.25) is 0 Å². The molecule has 1 rings (SSSR count). The number of hydrogen-bond acceptors (Lipinski definition) is 2. The van der Waals surface area contributed by atoms with Crippen LogP contribution in [0.1, 0.15) is 31.9 Å². The van der Waals surface area contributed by atoms with Crippen molar-refractivity contribution >= 4 is 0 Å². The Labute approximate surface area is 91.9 Å². The highest BCUT2D eigenvalue weighted by Gasteiger charge is 2.23. The summed E-state index contributed by atoms with van der Waals surface area (Å²) in [7, 11) is 0. The summed E-state index contributed by atoms with van der Waals surface area (Å²) >= 11 is 0. The van der Waals surface area contributed by atoms with Gasteiger partial charge in [-0.25, -0.2) is 0 Å². The number of rotatable bonds is 4. The molecule has 84 valence electrons. The maximum absolute atomic E-state index is 9.38. The fourth-order valence-electron chi connectivity index (χ4n) is 1.54. The summed E-state index contributed by atoms with van der Waals surface area (Å²) in [4.78, 5) is 0. The predicted octanol–water partition coefficient (Wildman–Crippen LogP) is 2.66. The molecule has 0 saturated heterocycles. The van der Waals surface area contributed by atoms with Crippen LogP contribution in [0.25, 0.3) is 0 Å². The van der Waals surface area contributed by atoms with Crippen LogP contribution in [0.5, 0.6) is 5.75 Å². The van der Waals surface area contributed by atoms with Crippen molar-refractivity contribution in [1.82, 2.24) is 0 Å². The van der Waals surface area contributed by atoms with E-state index in [0.29, 0.717) is 6.61 Å². The number of aliphatic hydroxyl groups excluding tert-OH is 1. The van der Waals surface area contributed by atoms with Crippen LogP contribution in [0, 0.1) is 6.92 Å². The highest BCUT2D eigenvalue weighted by Crippen LogP contribution is 2.32. The highest BCUT2D eigenvalue weighted by atomic mass is 16.5. The fraction of sp³-hybridized carbons (Fsp3) is 0.538. The van der Waals surface area contributed by atoms with Gasteiger partial charge in [-0.05, 0) is 19.9 Å². The number of aryl methyl sites for hydroxylation is 1. The topological polar surface area (TPSA) is 29.5 Å². The Morgan fingerprint density at radius 1 is 1.33 bits per heavy atom. The SMILES string of the molecule is CCOc1ccc(C)cc1C(C)(C)CO. The van der Waals surface area contributed by atoms with Crippen LogP contribution >= 0.6 is 0 Å². The third-order valence-corrected chi connectivity index (χ3v) is 2.56. The minimum Gasteiger partial charge on any atom is -0.494 e. The van der Waals surface area contributed by atoms with Crippen LogP contribution in [-0.2, 0) is 5.41 Å². The van der Waals surface area contributed by atoms with Crippen LogP contribution in [0.3, 0.4) is 0 Å². The summed E-state index contributed by atoms with van der Waals surface area (Å²) in [6, 6.07) is 6.09. The van der Waals surface area contributed by atoms with Gasteiger partial charge >= 0.3 is 0 Å². The first-order valence-electron chi connectivity index (χ1n) is 5.36. The minimum absolute atomic E-state index is 0.122. The quantitative estimate of drug-likeness (QED) is 0.824. The molecule has 1 N–H and O–H groups in total. The molecule has 1 aromatic rings. The predicted molar refractivity (Wildman–Crippen MR) is 62.5 cm³/mol. The smallest absolute Gasteiger partial charge is 0.123 e. The Kier molecular flexibility index (Phi) is 3.75. The summed E-state index contributed by atoms with van der Waals surface area (Å²) in [5.41, 5.74) is 2.01. The van der Waals surface area contributed by atoms with E-state index in [1.165, 1.54) is 5.56 Å². The molecule has 0 atom stereocenters. The highest BCUT2D eigenvalue weighted by molar-refractivity contribution is 5.41. The van der Waals surface area contributed by atoms with E-state index in [1.807, 2.05) is 39.8 Å². The molecule has 0 heterocycles. The molecule has 0 aromatic heterocycles. The zero-order chi connectivity index (χ0) is 11.5. The van der Waals surface area contributed by atoms with Crippen molar-refractivity contribution in [3.63, 3.8) is 0 Å². The first-order valence-corrected chi connectivity index (χ1v) is 5.36. The molecule has 2 nitrogen and oxygen atoms in total. The molecule has 0 aliphatic rings. The third-order valence-electron chi connectivity index (χ3n) is 2.56. The van der Waals surface area contributed by atoms with Crippen LogP contribution in [0.15, 0.2) is 18.2 Å². The average Bonchev–Trinajstić information content (AvgIpc) is 2.21. The van der Waals surface area contributed by atoms with Crippen molar-refractivity contribution in [3.8, 4) is 5.75 Å². The van der Waals surface area contributed by atoms with Gasteiger partial charge in [-0.15, -0.1) is 0 Å². The van der Waals surface area contributed by atoms with Gasteiger partial charge in [0.15, 0.2) is 0 Å². The van der Waals surface area contributed by atoms with Crippen molar-refractivity contribution < 1.29 is 9.84 Å². The van der Waals surface area contributed by atoms with E-state index in [4.69, 9.17) is 4.74 Å². The standard InChI is InChI=1S/C13H20O2/c1-5-15-12-7-6-10(2)8-11(12)13(3,4)9-14/h6-8,14H,5,9H2,1-4H3. The zero-order valence-corrected chi connectivity index (χ0v) is 10.0. The average molecular weight is 208 g/mol. The lowest BCUT2D eigenvalue weighted by molar-refractivity contribution is 0.213. The Balaban J connectivity index is 3.17. The molecule has 0 amide bonds.